The summed E-state index contributed by atoms with van der Waals surface area (Å²) in [6.07, 6.45) is 6.42. The molecule has 1 atom stereocenters. The zero-order valence-electron chi connectivity index (χ0n) is 14.6. The van der Waals surface area contributed by atoms with Crippen LogP contribution in [-0.4, -0.2) is 75.8 Å². The highest BCUT2D eigenvalue weighted by atomic mass is 127. The van der Waals surface area contributed by atoms with Crippen LogP contribution in [0.5, 0.6) is 0 Å². The molecule has 0 aromatic carbocycles. The molecule has 1 unspecified atom stereocenters. The first kappa shape index (κ1) is 20.0. The molecule has 0 amide bonds. The Labute approximate surface area is 152 Å². The van der Waals surface area contributed by atoms with Crippen LogP contribution < -0.4 is 5.32 Å². The van der Waals surface area contributed by atoms with Gasteiger partial charge < -0.3 is 19.9 Å². The monoisotopic (exact) mass is 424 g/mol. The summed E-state index contributed by atoms with van der Waals surface area (Å²) in [5, 5.41) is 3.60. The zero-order valence-corrected chi connectivity index (χ0v) is 16.9. The van der Waals surface area contributed by atoms with Crippen LogP contribution in [0.4, 0.5) is 0 Å². The molecule has 0 aromatic heterocycles. The summed E-state index contributed by atoms with van der Waals surface area (Å²) in [6.45, 7) is 3.81. The van der Waals surface area contributed by atoms with E-state index in [-0.39, 0.29) is 24.0 Å². The lowest BCUT2D eigenvalue weighted by atomic mass is 9.96. The van der Waals surface area contributed by atoms with E-state index >= 15 is 0 Å². The molecule has 5 nitrogen and oxygen atoms in total. The van der Waals surface area contributed by atoms with E-state index in [0.717, 1.165) is 32.3 Å². The van der Waals surface area contributed by atoms with Crippen molar-refractivity contribution in [1.82, 2.24) is 15.1 Å². The second kappa shape index (κ2) is 9.27. The summed E-state index contributed by atoms with van der Waals surface area (Å²) < 4.78 is 5.47. The molecular formula is C16H33IN4O. The van der Waals surface area contributed by atoms with Crippen molar-refractivity contribution in [2.24, 2.45) is 10.9 Å². The Hall–Kier alpha value is -0.0800. The number of ether oxygens (including phenoxy) is 1. The second-order valence-electron chi connectivity index (χ2n) is 6.84. The lowest BCUT2D eigenvalue weighted by molar-refractivity contribution is 0.158. The van der Waals surface area contributed by atoms with Crippen LogP contribution in [0.1, 0.15) is 32.1 Å². The van der Waals surface area contributed by atoms with Gasteiger partial charge in [-0.1, -0.05) is 12.8 Å². The van der Waals surface area contributed by atoms with Gasteiger partial charge in [-0.3, -0.25) is 4.99 Å². The summed E-state index contributed by atoms with van der Waals surface area (Å²) in [5.74, 6) is 1.65. The Balaban J connectivity index is 0.00000242. The van der Waals surface area contributed by atoms with E-state index in [1.807, 2.05) is 7.05 Å². The summed E-state index contributed by atoms with van der Waals surface area (Å²) >= 11 is 0. The second-order valence-corrected chi connectivity index (χ2v) is 6.84. The van der Waals surface area contributed by atoms with Crippen molar-refractivity contribution in [2.45, 2.75) is 37.6 Å². The van der Waals surface area contributed by atoms with Gasteiger partial charge in [-0.2, -0.15) is 0 Å². The summed E-state index contributed by atoms with van der Waals surface area (Å²) in [6, 6.07) is 0. The molecule has 2 rings (SSSR count). The van der Waals surface area contributed by atoms with E-state index in [1.165, 1.54) is 32.1 Å². The normalized spacial score (nSPS) is 24.4. The van der Waals surface area contributed by atoms with Gasteiger partial charge in [0.2, 0.25) is 0 Å². The predicted molar refractivity (Wildman–Crippen MR) is 103 cm³/mol. The van der Waals surface area contributed by atoms with Crippen LogP contribution in [0.15, 0.2) is 4.99 Å². The highest BCUT2D eigenvalue weighted by Gasteiger charge is 2.36. The molecule has 1 heterocycles. The van der Waals surface area contributed by atoms with E-state index in [1.54, 1.807) is 0 Å². The van der Waals surface area contributed by atoms with Crippen LogP contribution in [0.2, 0.25) is 0 Å². The van der Waals surface area contributed by atoms with Crippen molar-refractivity contribution in [1.29, 1.82) is 0 Å². The molecule has 1 aliphatic carbocycles. The van der Waals surface area contributed by atoms with Crippen LogP contribution in [-0.2, 0) is 4.74 Å². The third kappa shape index (κ3) is 4.96. The maximum absolute atomic E-state index is 5.47. The van der Waals surface area contributed by atoms with Crippen LogP contribution in [0.25, 0.3) is 0 Å². The molecule has 130 valence electrons. The van der Waals surface area contributed by atoms with Gasteiger partial charge in [0.05, 0.1) is 6.61 Å². The Bertz CT molecular complexity index is 350. The van der Waals surface area contributed by atoms with Gasteiger partial charge in [0.25, 0.3) is 0 Å². The molecule has 2 aliphatic rings. The molecule has 6 heteroatoms. The lowest BCUT2D eigenvalue weighted by Gasteiger charge is -2.37. The predicted octanol–water partition coefficient (Wildman–Crippen LogP) is 2.02. The lowest BCUT2D eigenvalue weighted by Crippen LogP contribution is -2.53. The summed E-state index contributed by atoms with van der Waals surface area (Å²) in [7, 11) is 8.41. The highest BCUT2D eigenvalue weighted by molar-refractivity contribution is 14.0. The van der Waals surface area contributed by atoms with Gasteiger partial charge in [-0.25, -0.2) is 0 Å². The van der Waals surface area contributed by atoms with Crippen LogP contribution in [0.3, 0.4) is 0 Å². The average molecular weight is 424 g/mol. The standard InChI is InChI=1S/C16H32N4O.HI/c1-17-15(20(4)11-14-7-10-21-12-14)18-13-16(19(2)3)8-5-6-9-16;/h14H,5-13H2,1-4H3,(H,17,18);1H. The number of hydrogen-bond acceptors (Lipinski definition) is 3. The molecule has 0 radical (unpaired) electrons. The molecule has 22 heavy (non-hydrogen) atoms. The Morgan fingerprint density at radius 1 is 1.27 bits per heavy atom. The average Bonchev–Trinajstić information content (AvgIpc) is 3.11. The number of halogens is 1. The van der Waals surface area contributed by atoms with Crippen molar-refractivity contribution >= 4 is 29.9 Å². The molecular weight excluding hydrogens is 391 g/mol. The van der Waals surface area contributed by atoms with Gasteiger partial charge in [-0.05, 0) is 33.4 Å². The minimum Gasteiger partial charge on any atom is -0.381 e. The van der Waals surface area contributed by atoms with E-state index in [2.05, 4.69) is 41.3 Å². The number of nitrogens with one attached hydrogen (secondary N) is 1. The molecule has 1 aliphatic heterocycles. The Morgan fingerprint density at radius 2 is 1.95 bits per heavy atom. The van der Waals surface area contributed by atoms with Crippen molar-refractivity contribution in [3.63, 3.8) is 0 Å². The summed E-state index contributed by atoms with van der Waals surface area (Å²) in [5.41, 5.74) is 0.299. The van der Waals surface area contributed by atoms with E-state index in [4.69, 9.17) is 4.74 Å². The van der Waals surface area contributed by atoms with Crippen LogP contribution >= 0.6 is 24.0 Å². The quantitative estimate of drug-likeness (QED) is 0.417. The third-order valence-electron chi connectivity index (χ3n) is 5.19. The zero-order chi connectivity index (χ0) is 15.3. The Kier molecular flexibility index (Phi) is 8.42. The number of rotatable bonds is 5. The number of aliphatic imine (C=N–C) groups is 1. The van der Waals surface area contributed by atoms with E-state index in [0.29, 0.717) is 11.5 Å². The van der Waals surface area contributed by atoms with E-state index in [9.17, 15) is 0 Å². The largest absolute Gasteiger partial charge is 0.381 e. The SMILES string of the molecule is CN=C(NCC1(N(C)C)CCCC1)N(C)CC1CCOC1.I. The number of hydrogen-bond donors (Lipinski definition) is 1. The smallest absolute Gasteiger partial charge is 0.193 e. The highest BCUT2D eigenvalue weighted by Crippen LogP contribution is 2.33. The van der Waals surface area contributed by atoms with Crippen LogP contribution in [0, 0.1) is 5.92 Å². The molecule has 2 fully saturated rings. The number of guanidine groups is 1. The van der Waals surface area contributed by atoms with Gasteiger partial charge in [-0.15, -0.1) is 24.0 Å². The van der Waals surface area contributed by atoms with Gasteiger partial charge in [0, 0.05) is 45.2 Å². The molecule has 1 saturated heterocycles. The number of nitrogens with zero attached hydrogens (tertiary/aromatic N) is 3. The van der Waals surface area contributed by atoms with Gasteiger partial charge in [0.1, 0.15) is 0 Å². The maximum atomic E-state index is 5.47. The topological polar surface area (TPSA) is 40.1 Å². The molecule has 0 spiro atoms. The third-order valence-corrected chi connectivity index (χ3v) is 5.19. The van der Waals surface area contributed by atoms with Crippen molar-refractivity contribution in [3.8, 4) is 0 Å². The van der Waals surface area contributed by atoms with Gasteiger partial charge in [0.15, 0.2) is 5.96 Å². The fraction of sp³-hybridized carbons (Fsp3) is 0.938. The fourth-order valence-corrected chi connectivity index (χ4v) is 3.64. The van der Waals surface area contributed by atoms with Crippen molar-refractivity contribution < 1.29 is 4.74 Å². The first-order valence-corrected chi connectivity index (χ1v) is 8.24. The maximum Gasteiger partial charge on any atom is 0.193 e. The number of likely N-dealkylation sites (N-methyl/N-ethyl adjacent to an activating group) is 1. The van der Waals surface area contributed by atoms with Crippen molar-refractivity contribution in [3.05, 3.63) is 0 Å². The van der Waals surface area contributed by atoms with Gasteiger partial charge >= 0.3 is 0 Å². The molecule has 1 saturated carbocycles. The van der Waals surface area contributed by atoms with E-state index < -0.39 is 0 Å². The molecule has 1 N–H and O–H groups in total. The Morgan fingerprint density at radius 3 is 2.45 bits per heavy atom. The minimum absolute atomic E-state index is 0. The minimum atomic E-state index is 0. The molecule has 0 aromatic rings. The summed E-state index contributed by atoms with van der Waals surface area (Å²) in [4.78, 5) is 9.10. The van der Waals surface area contributed by atoms with Crippen molar-refractivity contribution in [2.75, 3.05) is 54.5 Å². The molecule has 0 bridgehead atoms. The first-order chi connectivity index (χ1) is 10.1. The first-order valence-electron chi connectivity index (χ1n) is 8.24. The fourth-order valence-electron chi connectivity index (χ4n) is 3.64.